The van der Waals surface area contributed by atoms with Crippen molar-refractivity contribution >= 4 is 5.78 Å². The van der Waals surface area contributed by atoms with E-state index in [1.807, 2.05) is 45.0 Å². The van der Waals surface area contributed by atoms with Crippen LogP contribution in [-0.4, -0.2) is 29.1 Å². The number of nitrogens with one attached hydrogen (secondary N) is 1. The number of hydrogen-bond donors (Lipinski definition) is 2. The van der Waals surface area contributed by atoms with Crippen LogP contribution in [0.15, 0.2) is 24.3 Å². The van der Waals surface area contributed by atoms with Gasteiger partial charge in [-0.25, -0.2) is 0 Å². The van der Waals surface area contributed by atoms with Gasteiger partial charge in [-0.3, -0.25) is 4.79 Å². The van der Waals surface area contributed by atoms with Crippen molar-refractivity contribution in [3.8, 4) is 0 Å². The van der Waals surface area contributed by atoms with Gasteiger partial charge in [-0.05, 0) is 32.3 Å². The highest BCUT2D eigenvalue weighted by molar-refractivity contribution is 5.99. The van der Waals surface area contributed by atoms with Crippen LogP contribution in [0.5, 0.6) is 0 Å². The molecule has 0 radical (unpaired) electrons. The number of ketones is 1. The van der Waals surface area contributed by atoms with Crippen molar-refractivity contribution in [2.24, 2.45) is 0 Å². The fourth-order valence-corrected chi connectivity index (χ4v) is 1.98. The number of Topliss-reactive ketones (excluding diaryl/α,β-unsaturated/α-hetero) is 1. The quantitative estimate of drug-likeness (QED) is 0.776. The molecule has 0 fully saturated rings. The van der Waals surface area contributed by atoms with Crippen LogP contribution in [0.1, 0.15) is 56.5 Å². The number of carbonyl (C=O) groups is 1. The highest BCUT2D eigenvalue weighted by Crippen LogP contribution is 2.16. The third kappa shape index (κ3) is 4.44. The van der Waals surface area contributed by atoms with Crippen LogP contribution < -0.4 is 5.32 Å². The molecule has 1 atom stereocenters. The van der Waals surface area contributed by atoms with Gasteiger partial charge in [0.05, 0.1) is 12.6 Å². The second-order valence-corrected chi connectivity index (χ2v) is 6.05. The maximum absolute atomic E-state index is 12.3. The second kappa shape index (κ2) is 6.31. The Kier molecular flexibility index (Phi) is 5.27. The van der Waals surface area contributed by atoms with E-state index in [0.29, 0.717) is 11.5 Å². The highest BCUT2D eigenvalue weighted by atomic mass is 16.3. The molecule has 0 saturated carbocycles. The Balaban J connectivity index is 2.77. The van der Waals surface area contributed by atoms with Gasteiger partial charge in [-0.2, -0.15) is 0 Å². The van der Waals surface area contributed by atoms with Gasteiger partial charge in [-0.15, -0.1) is 0 Å². The summed E-state index contributed by atoms with van der Waals surface area (Å²) in [6.45, 7) is 9.83. The summed E-state index contributed by atoms with van der Waals surface area (Å²) in [6.07, 6.45) is 0. The normalized spacial score (nSPS) is 13.6. The van der Waals surface area contributed by atoms with E-state index in [4.69, 9.17) is 0 Å². The Morgan fingerprint density at radius 2 is 1.74 bits per heavy atom. The average Bonchev–Trinajstić information content (AvgIpc) is 2.37. The molecule has 1 aromatic carbocycles. The fraction of sp³-hybridized carbons (Fsp3) is 0.562. The Morgan fingerprint density at radius 3 is 2.16 bits per heavy atom. The van der Waals surface area contributed by atoms with Gasteiger partial charge >= 0.3 is 0 Å². The van der Waals surface area contributed by atoms with E-state index in [1.54, 1.807) is 0 Å². The van der Waals surface area contributed by atoms with Crippen molar-refractivity contribution in [3.63, 3.8) is 0 Å². The minimum absolute atomic E-state index is 0.00307. The van der Waals surface area contributed by atoms with E-state index in [1.165, 1.54) is 5.56 Å². The number of benzene rings is 1. The predicted octanol–water partition coefficient (Wildman–Crippen LogP) is 2.74. The molecule has 0 aliphatic rings. The van der Waals surface area contributed by atoms with Crippen LogP contribution in [0.4, 0.5) is 0 Å². The van der Waals surface area contributed by atoms with Gasteiger partial charge in [0.15, 0.2) is 5.78 Å². The standard InChI is InChI=1S/C16H25NO2/c1-11(2)13-6-8-14(9-7-13)15(19)12(3)17-16(4,5)10-18/h6-9,11-12,17-18H,10H2,1-5H3. The van der Waals surface area contributed by atoms with Crippen molar-refractivity contribution in [2.75, 3.05) is 6.61 Å². The molecule has 1 aromatic rings. The number of rotatable bonds is 6. The molecule has 3 nitrogen and oxygen atoms in total. The third-order valence-corrected chi connectivity index (χ3v) is 3.26. The molecule has 106 valence electrons. The molecule has 1 unspecified atom stereocenters. The van der Waals surface area contributed by atoms with E-state index < -0.39 is 5.54 Å². The van der Waals surface area contributed by atoms with Crippen molar-refractivity contribution in [1.82, 2.24) is 5.32 Å². The molecule has 0 saturated heterocycles. The Morgan fingerprint density at radius 1 is 1.21 bits per heavy atom. The SMILES string of the molecule is CC(NC(C)(C)CO)C(=O)c1ccc(C(C)C)cc1. The molecule has 0 aromatic heterocycles. The highest BCUT2D eigenvalue weighted by Gasteiger charge is 2.23. The van der Waals surface area contributed by atoms with Crippen molar-refractivity contribution in [2.45, 2.75) is 52.1 Å². The van der Waals surface area contributed by atoms with E-state index >= 15 is 0 Å². The number of carbonyl (C=O) groups excluding carboxylic acids is 1. The van der Waals surface area contributed by atoms with Crippen molar-refractivity contribution < 1.29 is 9.90 Å². The molecule has 0 bridgehead atoms. The molecule has 19 heavy (non-hydrogen) atoms. The van der Waals surface area contributed by atoms with Crippen LogP contribution in [0.2, 0.25) is 0 Å². The first-order valence-electron chi connectivity index (χ1n) is 6.79. The average molecular weight is 263 g/mol. The van der Waals surface area contributed by atoms with Crippen molar-refractivity contribution in [1.29, 1.82) is 0 Å². The van der Waals surface area contributed by atoms with E-state index in [-0.39, 0.29) is 18.4 Å². The summed E-state index contributed by atoms with van der Waals surface area (Å²) in [7, 11) is 0. The maximum Gasteiger partial charge on any atom is 0.179 e. The zero-order valence-electron chi connectivity index (χ0n) is 12.5. The zero-order valence-corrected chi connectivity index (χ0v) is 12.5. The summed E-state index contributed by atoms with van der Waals surface area (Å²) < 4.78 is 0. The minimum Gasteiger partial charge on any atom is -0.394 e. The Labute approximate surface area is 116 Å². The van der Waals surface area contributed by atoms with Crippen LogP contribution in [0, 0.1) is 0 Å². The zero-order chi connectivity index (χ0) is 14.6. The fourth-order valence-electron chi connectivity index (χ4n) is 1.98. The summed E-state index contributed by atoms with van der Waals surface area (Å²) in [5.74, 6) is 0.518. The maximum atomic E-state index is 12.3. The minimum atomic E-state index is -0.451. The Bertz CT molecular complexity index is 421. The molecular formula is C16H25NO2. The van der Waals surface area contributed by atoms with Gasteiger partial charge in [0.25, 0.3) is 0 Å². The van der Waals surface area contributed by atoms with E-state index in [2.05, 4.69) is 19.2 Å². The summed E-state index contributed by atoms with van der Waals surface area (Å²) in [6, 6.07) is 7.44. The molecule has 3 heteroatoms. The van der Waals surface area contributed by atoms with Crippen LogP contribution in [0.25, 0.3) is 0 Å². The van der Waals surface area contributed by atoms with Gasteiger partial charge in [0.2, 0.25) is 0 Å². The van der Waals surface area contributed by atoms with E-state index in [9.17, 15) is 9.90 Å². The lowest BCUT2D eigenvalue weighted by atomic mass is 9.97. The molecular weight excluding hydrogens is 238 g/mol. The Hall–Kier alpha value is -1.19. The third-order valence-electron chi connectivity index (χ3n) is 3.26. The molecule has 0 aliphatic carbocycles. The number of aliphatic hydroxyl groups excluding tert-OH is 1. The van der Waals surface area contributed by atoms with Gasteiger partial charge in [-0.1, -0.05) is 38.1 Å². The first-order chi connectivity index (χ1) is 8.76. The predicted molar refractivity (Wildman–Crippen MR) is 78.6 cm³/mol. The van der Waals surface area contributed by atoms with Crippen LogP contribution in [0.3, 0.4) is 0 Å². The van der Waals surface area contributed by atoms with Gasteiger partial charge in [0, 0.05) is 11.1 Å². The lowest BCUT2D eigenvalue weighted by Gasteiger charge is -2.27. The smallest absolute Gasteiger partial charge is 0.179 e. The molecule has 0 amide bonds. The largest absolute Gasteiger partial charge is 0.394 e. The molecule has 1 rings (SSSR count). The summed E-state index contributed by atoms with van der Waals surface area (Å²) in [5, 5.41) is 12.4. The molecule has 0 spiro atoms. The lowest BCUT2D eigenvalue weighted by Crippen LogP contribution is -2.50. The first kappa shape index (κ1) is 15.9. The second-order valence-electron chi connectivity index (χ2n) is 6.05. The topological polar surface area (TPSA) is 49.3 Å². The molecule has 0 aliphatic heterocycles. The van der Waals surface area contributed by atoms with Crippen LogP contribution in [-0.2, 0) is 0 Å². The molecule has 0 heterocycles. The molecule has 2 N–H and O–H groups in total. The number of hydrogen-bond acceptors (Lipinski definition) is 3. The summed E-state index contributed by atoms with van der Waals surface area (Å²) in [4.78, 5) is 12.3. The number of aliphatic hydroxyl groups is 1. The lowest BCUT2D eigenvalue weighted by molar-refractivity contribution is 0.0911. The van der Waals surface area contributed by atoms with Gasteiger partial charge < -0.3 is 10.4 Å². The van der Waals surface area contributed by atoms with Crippen molar-refractivity contribution in [3.05, 3.63) is 35.4 Å². The van der Waals surface area contributed by atoms with Crippen LogP contribution >= 0.6 is 0 Å². The first-order valence-corrected chi connectivity index (χ1v) is 6.79. The monoisotopic (exact) mass is 263 g/mol. The summed E-state index contributed by atoms with van der Waals surface area (Å²) in [5.41, 5.74) is 1.48. The summed E-state index contributed by atoms with van der Waals surface area (Å²) >= 11 is 0. The van der Waals surface area contributed by atoms with E-state index in [0.717, 1.165) is 0 Å². The van der Waals surface area contributed by atoms with Gasteiger partial charge in [0.1, 0.15) is 0 Å².